The van der Waals surface area contributed by atoms with Crippen molar-refractivity contribution in [1.82, 2.24) is 4.31 Å². The second-order valence-corrected chi connectivity index (χ2v) is 12.5. The molecule has 1 unspecified atom stereocenters. The lowest BCUT2D eigenvalue weighted by molar-refractivity contribution is -0.122. The zero-order chi connectivity index (χ0) is 26.4. The van der Waals surface area contributed by atoms with Crippen molar-refractivity contribution in [3.8, 4) is 0 Å². The average molecular weight is 617 g/mol. The SMILES string of the molecule is Cc1ccc(CN(C2CC(=O)N(c3ccc(I)cc3)C2=O)S(=O)(=O)c2c(C)c(C)cc(C)c2C)cc1. The third-order valence-corrected chi connectivity index (χ3v) is 9.73. The topological polar surface area (TPSA) is 74.8 Å². The Kier molecular flexibility index (Phi) is 7.41. The lowest BCUT2D eigenvalue weighted by atomic mass is 10.0. The predicted molar refractivity (Wildman–Crippen MR) is 149 cm³/mol. The van der Waals surface area contributed by atoms with Crippen LogP contribution in [0.1, 0.15) is 39.8 Å². The molecule has 1 atom stereocenters. The molecule has 0 bridgehead atoms. The van der Waals surface area contributed by atoms with Gasteiger partial charge in [-0.2, -0.15) is 4.31 Å². The first-order chi connectivity index (χ1) is 16.9. The van der Waals surface area contributed by atoms with E-state index in [2.05, 4.69) is 22.6 Å². The van der Waals surface area contributed by atoms with Crippen molar-refractivity contribution in [3.05, 3.63) is 91.5 Å². The molecule has 188 valence electrons. The van der Waals surface area contributed by atoms with Crippen LogP contribution in [-0.4, -0.2) is 30.6 Å². The molecular formula is C28H29IN2O4S. The third kappa shape index (κ3) is 4.86. The number of nitrogens with zero attached hydrogens (tertiary/aromatic N) is 2. The summed E-state index contributed by atoms with van der Waals surface area (Å²) in [6.45, 7) is 9.29. The summed E-state index contributed by atoms with van der Waals surface area (Å²) in [6.07, 6.45) is -0.210. The molecule has 8 heteroatoms. The van der Waals surface area contributed by atoms with E-state index in [1.165, 1.54) is 4.31 Å². The molecule has 0 spiro atoms. The number of imide groups is 1. The van der Waals surface area contributed by atoms with E-state index >= 15 is 0 Å². The normalized spacial score (nSPS) is 16.3. The maximum Gasteiger partial charge on any atom is 0.252 e. The van der Waals surface area contributed by atoms with Gasteiger partial charge in [-0.3, -0.25) is 9.59 Å². The number of hydrogen-bond donors (Lipinski definition) is 0. The standard InChI is InChI=1S/C28H29IN2O4S/c1-17-6-8-22(9-7-17)16-30(36(34,35)27-20(4)18(2)14-19(3)21(27)5)25-15-26(32)31(28(25)33)24-12-10-23(29)11-13-24/h6-14,25H,15-16H2,1-5H3. The highest BCUT2D eigenvalue weighted by Crippen LogP contribution is 2.34. The van der Waals surface area contributed by atoms with Crippen LogP contribution < -0.4 is 4.90 Å². The van der Waals surface area contributed by atoms with E-state index in [0.29, 0.717) is 16.8 Å². The number of carbonyl (C=O) groups excluding carboxylic acids is 2. The van der Waals surface area contributed by atoms with E-state index in [4.69, 9.17) is 0 Å². The molecule has 0 N–H and O–H groups in total. The van der Waals surface area contributed by atoms with Crippen LogP contribution in [0.4, 0.5) is 5.69 Å². The summed E-state index contributed by atoms with van der Waals surface area (Å²) >= 11 is 2.15. The van der Waals surface area contributed by atoms with Crippen molar-refractivity contribution in [2.75, 3.05) is 4.90 Å². The Morgan fingerprint density at radius 3 is 2.00 bits per heavy atom. The van der Waals surface area contributed by atoms with E-state index in [-0.39, 0.29) is 17.9 Å². The lowest BCUT2D eigenvalue weighted by Gasteiger charge is -2.29. The number of anilines is 1. The first-order valence-corrected chi connectivity index (χ1v) is 14.2. The number of amides is 2. The van der Waals surface area contributed by atoms with Crippen LogP contribution in [-0.2, 0) is 26.2 Å². The Balaban J connectivity index is 1.84. The highest BCUT2D eigenvalue weighted by Gasteiger charge is 2.47. The van der Waals surface area contributed by atoms with Crippen LogP contribution in [0.3, 0.4) is 0 Å². The number of hydrogen-bond acceptors (Lipinski definition) is 4. The van der Waals surface area contributed by atoms with Gasteiger partial charge in [0.05, 0.1) is 17.0 Å². The van der Waals surface area contributed by atoms with Crippen LogP contribution in [0.25, 0.3) is 0 Å². The zero-order valence-corrected chi connectivity index (χ0v) is 24.0. The fourth-order valence-electron chi connectivity index (χ4n) is 4.62. The molecule has 36 heavy (non-hydrogen) atoms. The van der Waals surface area contributed by atoms with Gasteiger partial charge in [-0.15, -0.1) is 0 Å². The molecule has 0 saturated carbocycles. The molecule has 3 aromatic carbocycles. The summed E-state index contributed by atoms with van der Waals surface area (Å²) in [7, 11) is -4.14. The molecule has 4 rings (SSSR count). The van der Waals surface area contributed by atoms with Crippen molar-refractivity contribution < 1.29 is 18.0 Å². The number of halogens is 1. The number of rotatable bonds is 6. The lowest BCUT2D eigenvalue weighted by Crippen LogP contribution is -2.45. The van der Waals surface area contributed by atoms with E-state index < -0.39 is 27.9 Å². The van der Waals surface area contributed by atoms with Gasteiger partial charge in [0, 0.05) is 10.1 Å². The van der Waals surface area contributed by atoms with Gasteiger partial charge in [0.15, 0.2) is 0 Å². The van der Waals surface area contributed by atoms with Crippen LogP contribution in [0, 0.1) is 38.2 Å². The van der Waals surface area contributed by atoms with Gasteiger partial charge in [-0.1, -0.05) is 35.9 Å². The number of sulfonamides is 1. The van der Waals surface area contributed by atoms with E-state index in [0.717, 1.165) is 30.7 Å². The first kappa shape index (κ1) is 26.5. The Morgan fingerprint density at radius 1 is 0.889 bits per heavy atom. The van der Waals surface area contributed by atoms with Crippen molar-refractivity contribution in [2.45, 2.75) is 58.5 Å². The number of benzene rings is 3. The Bertz CT molecular complexity index is 1420. The highest BCUT2D eigenvalue weighted by atomic mass is 127. The first-order valence-electron chi connectivity index (χ1n) is 11.7. The van der Waals surface area contributed by atoms with Gasteiger partial charge >= 0.3 is 0 Å². The van der Waals surface area contributed by atoms with Gasteiger partial charge in [0.2, 0.25) is 15.9 Å². The molecule has 1 aliphatic rings. The average Bonchev–Trinajstić information content (AvgIpc) is 3.11. The van der Waals surface area contributed by atoms with Crippen LogP contribution in [0.5, 0.6) is 0 Å². The minimum Gasteiger partial charge on any atom is -0.274 e. The van der Waals surface area contributed by atoms with E-state index in [1.54, 1.807) is 26.0 Å². The summed E-state index contributed by atoms with van der Waals surface area (Å²) in [6, 6.07) is 15.4. The summed E-state index contributed by atoms with van der Waals surface area (Å²) in [5, 5.41) is 0. The fourth-order valence-corrected chi connectivity index (χ4v) is 7.13. The predicted octanol–water partition coefficient (Wildman–Crippen LogP) is 5.36. The van der Waals surface area contributed by atoms with Gasteiger partial charge in [0.1, 0.15) is 6.04 Å². The molecule has 1 saturated heterocycles. The molecular weight excluding hydrogens is 587 g/mol. The molecule has 3 aromatic rings. The smallest absolute Gasteiger partial charge is 0.252 e. The fraction of sp³-hybridized carbons (Fsp3) is 0.286. The van der Waals surface area contributed by atoms with Gasteiger partial charge in [-0.25, -0.2) is 13.3 Å². The third-order valence-electron chi connectivity index (χ3n) is 6.88. The molecule has 0 radical (unpaired) electrons. The molecule has 0 aliphatic carbocycles. The largest absolute Gasteiger partial charge is 0.274 e. The van der Waals surface area contributed by atoms with Gasteiger partial charge < -0.3 is 0 Å². The summed E-state index contributed by atoms with van der Waals surface area (Å²) in [5.41, 5.74) is 5.27. The Morgan fingerprint density at radius 2 is 1.44 bits per heavy atom. The number of carbonyl (C=O) groups is 2. The molecule has 1 aliphatic heterocycles. The highest BCUT2D eigenvalue weighted by molar-refractivity contribution is 14.1. The molecule has 6 nitrogen and oxygen atoms in total. The number of aryl methyl sites for hydroxylation is 3. The molecule has 1 fully saturated rings. The van der Waals surface area contributed by atoms with Crippen molar-refractivity contribution in [3.63, 3.8) is 0 Å². The van der Waals surface area contributed by atoms with Crippen molar-refractivity contribution in [1.29, 1.82) is 0 Å². The molecule has 1 heterocycles. The second kappa shape index (κ2) is 10.1. The molecule has 2 amide bonds. The van der Waals surface area contributed by atoms with Crippen molar-refractivity contribution >= 4 is 50.1 Å². The Hall–Kier alpha value is -2.56. The molecule has 0 aromatic heterocycles. The minimum absolute atomic E-state index is 0.0152. The summed E-state index contributed by atoms with van der Waals surface area (Å²) in [5.74, 6) is -0.944. The maximum atomic E-state index is 14.3. The minimum atomic E-state index is -4.14. The van der Waals surface area contributed by atoms with Crippen LogP contribution >= 0.6 is 22.6 Å². The van der Waals surface area contributed by atoms with E-state index in [1.807, 2.05) is 63.2 Å². The second-order valence-electron chi connectivity index (χ2n) is 9.39. The van der Waals surface area contributed by atoms with Crippen LogP contribution in [0.15, 0.2) is 59.5 Å². The van der Waals surface area contributed by atoms with Gasteiger partial charge in [-0.05, 0) is 109 Å². The van der Waals surface area contributed by atoms with Crippen LogP contribution in [0.2, 0.25) is 0 Å². The Labute approximate surface area is 226 Å². The van der Waals surface area contributed by atoms with E-state index in [9.17, 15) is 18.0 Å². The maximum absolute atomic E-state index is 14.3. The van der Waals surface area contributed by atoms with Crippen molar-refractivity contribution in [2.24, 2.45) is 0 Å². The monoisotopic (exact) mass is 616 g/mol. The summed E-state index contributed by atoms with van der Waals surface area (Å²) in [4.78, 5) is 28.1. The van der Waals surface area contributed by atoms with Gasteiger partial charge in [0.25, 0.3) is 5.91 Å². The quantitative estimate of drug-likeness (QED) is 0.276. The zero-order valence-electron chi connectivity index (χ0n) is 21.0. The summed E-state index contributed by atoms with van der Waals surface area (Å²) < 4.78 is 30.8.